The Labute approximate surface area is 588 Å². The Morgan fingerprint density at radius 3 is 1.30 bits per heavy atom. The fourth-order valence-electron chi connectivity index (χ4n) is 9.73. The minimum atomic E-state index is -1.75. The Morgan fingerprint density at radius 1 is 0.475 bits per heavy atom. The van der Waals surface area contributed by atoms with Crippen LogP contribution in [-0.4, -0.2) is 212 Å². The molecule has 28 N–H and O–H groups in total. The summed E-state index contributed by atoms with van der Waals surface area (Å²) in [5.74, 6) is -15.0. The molecule has 562 valence electrons. The van der Waals surface area contributed by atoms with Crippen molar-refractivity contribution in [1.82, 2.24) is 63.1 Å². The number of aromatic hydroxyl groups is 1. The number of carbonyl (C=O) groups is 14. The van der Waals surface area contributed by atoms with E-state index in [9.17, 15) is 82.4 Å². The van der Waals surface area contributed by atoms with E-state index in [1.807, 2.05) is 0 Å². The van der Waals surface area contributed by atoms with E-state index in [0.29, 0.717) is 17.0 Å². The predicted molar refractivity (Wildman–Crippen MR) is 370 cm³/mol. The molecule has 0 aliphatic carbocycles. The molecule has 2 rings (SSSR count). The maximum Gasteiger partial charge on any atom is 0.326 e. The lowest BCUT2D eigenvalue weighted by Crippen LogP contribution is -2.61. The fourth-order valence-corrected chi connectivity index (χ4v) is 10.2. The van der Waals surface area contributed by atoms with E-state index in [-0.39, 0.29) is 107 Å². The third-order valence-corrected chi connectivity index (χ3v) is 15.7. The monoisotopic (exact) mass is 1440 g/mol. The number of carboxylic acid groups (broad SMARTS) is 2. The van der Waals surface area contributed by atoms with Crippen LogP contribution in [0.4, 0.5) is 0 Å². The average Bonchev–Trinajstić information content (AvgIpc) is 1.35. The van der Waals surface area contributed by atoms with Crippen molar-refractivity contribution in [2.24, 2.45) is 62.0 Å². The van der Waals surface area contributed by atoms with Gasteiger partial charge >= 0.3 is 11.9 Å². The number of aromatic amines is 1. The number of guanidine groups is 2. The number of H-pyrrole nitrogens is 1. The third kappa shape index (κ3) is 35.3. The molecule has 39 heteroatoms. The van der Waals surface area contributed by atoms with E-state index in [0.717, 1.165) is 0 Å². The number of aliphatic imine (C=N–C) groups is 2. The van der Waals surface area contributed by atoms with Crippen molar-refractivity contribution in [2.75, 3.05) is 25.1 Å². The highest BCUT2D eigenvalue weighted by Gasteiger charge is 2.37. The van der Waals surface area contributed by atoms with Crippen molar-refractivity contribution in [3.8, 4) is 5.75 Å². The molecule has 2 aromatic rings. The van der Waals surface area contributed by atoms with Crippen molar-refractivity contribution < 1.29 is 82.4 Å². The number of aromatic nitrogens is 2. The summed E-state index contributed by atoms with van der Waals surface area (Å²) in [6.45, 7) is 8.07. The zero-order valence-corrected chi connectivity index (χ0v) is 58.4. The zero-order valence-electron chi connectivity index (χ0n) is 57.5. The molecule has 0 saturated heterocycles. The SMILES string of the molecule is CSCC[C@H](NC(=O)[C@H](CCCN=C(N)N)NC(=O)[C@@H](N)CCC(N)=O)C(=O)N[C@@H](Cc1cnc[nH]1)C(=O)N[C@@H](CC(C)C)C(=O)N[C@@H](CCCN=C(N)N)C(=O)N[C@@H](CCC(N)=O)C(=O)N[C@@H](Cc1ccc(O)cc1)C(=O)N[C@@H](CCC(=O)O)C(=O)N[C@@H](C)C(=O)N[C@@H](CC(C)C)C(=O)O. The highest BCUT2D eigenvalue weighted by molar-refractivity contribution is 7.98. The molecule has 1 aromatic heterocycles. The Hall–Kier alpha value is -10.3. The molecule has 101 heavy (non-hydrogen) atoms. The highest BCUT2D eigenvalue weighted by Crippen LogP contribution is 2.16. The third-order valence-electron chi connectivity index (χ3n) is 15.1. The summed E-state index contributed by atoms with van der Waals surface area (Å²) in [6.07, 6.45) is 0.842. The second-order valence-corrected chi connectivity index (χ2v) is 25.7. The number of hydrogen-bond acceptors (Lipinski definition) is 20. The summed E-state index contributed by atoms with van der Waals surface area (Å²) >= 11 is 1.32. The van der Waals surface area contributed by atoms with Gasteiger partial charge in [-0.3, -0.25) is 72.3 Å². The van der Waals surface area contributed by atoms with Crippen molar-refractivity contribution >= 4 is 107 Å². The van der Waals surface area contributed by atoms with Gasteiger partial charge in [0.25, 0.3) is 0 Å². The molecule has 1 aromatic carbocycles. The average molecular weight is 1440 g/mol. The van der Waals surface area contributed by atoms with E-state index in [2.05, 4.69) is 73.1 Å². The number of imidazole rings is 1. The van der Waals surface area contributed by atoms with Crippen LogP contribution in [0.3, 0.4) is 0 Å². The number of benzene rings is 1. The number of primary amides is 2. The second-order valence-electron chi connectivity index (χ2n) is 24.8. The lowest BCUT2D eigenvalue weighted by Gasteiger charge is -2.29. The largest absolute Gasteiger partial charge is 0.508 e. The molecule has 0 aliphatic heterocycles. The molecule has 38 nitrogen and oxygen atoms in total. The van der Waals surface area contributed by atoms with E-state index in [1.54, 1.807) is 34.0 Å². The summed E-state index contributed by atoms with van der Waals surface area (Å²) in [4.78, 5) is 204. The van der Waals surface area contributed by atoms with Gasteiger partial charge < -0.3 is 114 Å². The van der Waals surface area contributed by atoms with Crippen LogP contribution in [-0.2, 0) is 80.0 Å². The van der Waals surface area contributed by atoms with Gasteiger partial charge in [-0.2, -0.15) is 11.8 Å². The number of phenolic OH excluding ortho intramolecular Hbond substituents is 1. The first-order valence-electron chi connectivity index (χ1n) is 32.7. The molecular weight excluding hydrogens is 1340 g/mol. The second kappa shape index (κ2) is 45.4. The van der Waals surface area contributed by atoms with Crippen LogP contribution >= 0.6 is 11.8 Å². The Bertz CT molecular complexity index is 3170. The van der Waals surface area contributed by atoms with Crippen molar-refractivity contribution in [2.45, 2.75) is 197 Å². The van der Waals surface area contributed by atoms with Gasteiger partial charge in [0, 0.05) is 57.1 Å². The number of phenols is 1. The summed E-state index contributed by atoms with van der Waals surface area (Å²) in [7, 11) is 0. The predicted octanol–water partition coefficient (Wildman–Crippen LogP) is -5.47. The first-order valence-corrected chi connectivity index (χ1v) is 34.0. The van der Waals surface area contributed by atoms with E-state index >= 15 is 0 Å². The lowest BCUT2D eigenvalue weighted by molar-refractivity contribution is -0.142. The van der Waals surface area contributed by atoms with Gasteiger partial charge in [-0.15, -0.1) is 0 Å². The van der Waals surface area contributed by atoms with E-state index in [4.69, 9.17) is 40.1 Å². The molecule has 0 aliphatic rings. The first-order chi connectivity index (χ1) is 47.5. The summed E-state index contributed by atoms with van der Waals surface area (Å²) in [5.41, 5.74) is 39.5. The number of nitrogens with two attached hydrogens (primary N) is 7. The Balaban J connectivity index is 2.63. The highest BCUT2D eigenvalue weighted by atomic mass is 32.2. The van der Waals surface area contributed by atoms with Crippen molar-refractivity contribution in [3.63, 3.8) is 0 Å². The van der Waals surface area contributed by atoms with E-state index < -0.39 is 181 Å². The number of carbonyl (C=O) groups excluding carboxylic acids is 12. The summed E-state index contributed by atoms with van der Waals surface area (Å²) in [5, 5.41) is 54.7. The normalized spacial score (nSPS) is 14.3. The number of carboxylic acids is 2. The maximum absolute atomic E-state index is 14.7. The zero-order chi connectivity index (χ0) is 76.1. The van der Waals surface area contributed by atoms with Crippen LogP contribution in [0.5, 0.6) is 5.75 Å². The molecule has 0 fully saturated rings. The molecule has 0 saturated carbocycles. The van der Waals surface area contributed by atoms with Crippen LogP contribution in [0.1, 0.15) is 129 Å². The molecule has 12 amide bonds. The van der Waals surface area contributed by atoms with Gasteiger partial charge in [0.05, 0.1) is 12.4 Å². The molecular formula is C62H101N21O17S. The van der Waals surface area contributed by atoms with Gasteiger partial charge in [-0.05, 0) is 113 Å². The standard InChI is InChI=1S/C62H101N21O17S/c1-31(2)25-43(80-59(98)45(28-35-29-70-30-73-35)82-56(95)42(21-24-101-6)79-53(92)38(9-7-22-71-61(66)67)75-51(90)37(63)15-18-47(64)85)57(96)76-39(10-8-23-72-62(68)69)54(93)77-40(16-19-48(65)86)55(94)81-44(27-34-11-13-36(84)14-12-34)58(97)78-41(17-20-49(87)88)52(91)74-33(5)50(89)83-46(60(99)100)26-32(3)4/h11-14,29-33,37-46,84H,7-10,15-28,63H2,1-6H3,(H2,64,85)(H2,65,86)(H,70,73)(H,74,91)(H,75,90)(H,76,96)(H,77,93)(H,78,97)(H,79,92)(H,80,98)(H,81,94)(H,82,95)(H,83,89)(H,87,88)(H,99,100)(H4,66,67,71)(H4,68,69,72)/t33-,37-,38-,39-,40-,41-,42-,43-,44-,45-,46-/m0/s1. The molecule has 1 heterocycles. The summed E-state index contributed by atoms with van der Waals surface area (Å²) < 4.78 is 0. The number of nitrogens with zero attached hydrogens (tertiary/aromatic N) is 3. The van der Waals surface area contributed by atoms with Crippen LogP contribution in [0.15, 0.2) is 46.8 Å². The van der Waals surface area contributed by atoms with Gasteiger partial charge in [0.15, 0.2) is 11.9 Å². The minimum Gasteiger partial charge on any atom is -0.508 e. The topological polar surface area (TPSA) is 656 Å². The van der Waals surface area contributed by atoms with E-state index in [1.165, 1.54) is 55.5 Å². The quantitative estimate of drug-likeness (QED) is 0.0167. The fraction of sp³-hybridized carbons (Fsp3) is 0.597. The maximum atomic E-state index is 14.7. The van der Waals surface area contributed by atoms with Gasteiger partial charge in [0.2, 0.25) is 70.9 Å². The number of thioether (sulfide) groups is 1. The number of nitrogens with one attached hydrogen (secondary N) is 11. The number of aliphatic carboxylic acids is 2. The molecule has 0 unspecified atom stereocenters. The van der Waals surface area contributed by atoms with Gasteiger partial charge in [-0.25, -0.2) is 9.78 Å². The number of amides is 12. The van der Waals surface area contributed by atoms with Gasteiger partial charge in [-0.1, -0.05) is 39.8 Å². The molecule has 0 radical (unpaired) electrons. The number of hydrogen-bond donors (Lipinski definition) is 21. The van der Waals surface area contributed by atoms with Crippen LogP contribution in [0.2, 0.25) is 0 Å². The van der Waals surface area contributed by atoms with Gasteiger partial charge in [0.1, 0.15) is 66.2 Å². The Kier molecular flexibility index (Phi) is 39.0. The smallest absolute Gasteiger partial charge is 0.326 e. The van der Waals surface area contributed by atoms with Crippen LogP contribution < -0.4 is 93.3 Å². The Morgan fingerprint density at radius 2 is 0.861 bits per heavy atom. The van der Waals surface area contributed by atoms with Crippen molar-refractivity contribution in [1.29, 1.82) is 0 Å². The lowest BCUT2D eigenvalue weighted by atomic mass is 10.0. The van der Waals surface area contributed by atoms with Crippen LogP contribution in [0.25, 0.3) is 0 Å². The number of rotatable bonds is 49. The molecule has 0 bridgehead atoms. The summed E-state index contributed by atoms with van der Waals surface area (Å²) in [6, 6.07) is -11.1. The minimum absolute atomic E-state index is 0.00472. The molecule has 0 spiro atoms. The first kappa shape index (κ1) is 86.7. The van der Waals surface area contributed by atoms with Crippen LogP contribution in [0, 0.1) is 11.8 Å². The van der Waals surface area contributed by atoms with Crippen molar-refractivity contribution in [3.05, 3.63) is 48.0 Å². The molecule has 11 atom stereocenters.